The van der Waals surface area contributed by atoms with E-state index in [2.05, 4.69) is 4.72 Å². The summed E-state index contributed by atoms with van der Waals surface area (Å²) in [4.78, 5) is 12.0. The zero-order valence-corrected chi connectivity index (χ0v) is 14.3. The summed E-state index contributed by atoms with van der Waals surface area (Å²) in [6.07, 6.45) is 0.709. The van der Waals surface area contributed by atoms with Crippen LogP contribution in [0.1, 0.15) is 56.1 Å². The molecule has 5 nitrogen and oxygen atoms in total. The van der Waals surface area contributed by atoms with Crippen LogP contribution in [0.5, 0.6) is 5.75 Å². The van der Waals surface area contributed by atoms with Crippen molar-refractivity contribution >= 4 is 17.3 Å². The highest BCUT2D eigenvalue weighted by Crippen LogP contribution is 2.36. The molecule has 0 saturated carbocycles. The number of carbonyl (C=O) groups is 1. The molecular weight excluding hydrogens is 302 g/mol. The molecule has 6 heteroatoms. The number of nitrogens with one attached hydrogen (secondary N) is 1. The van der Waals surface area contributed by atoms with Crippen LogP contribution in [-0.4, -0.2) is 28.5 Å². The van der Waals surface area contributed by atoms with Crippen LogP contribution >= 0.6 is 0 Å². The second kappa shape index (κ2) is 6.89. The number of esters is 1. The van der Waals surface area contributed by atoms with Crippen molar-refractivity contribution in [3.63, 3.8) is 0 Å². The first-order valence-corrected chi connectivity index (χ1v) is 8.60. The molecule has 2 atom stereocenters. The molecule has 1 heterocycles. The minimum atomic E-state index is -1.18. The normalized spacial score (nSPS) is 19.0. The van der Waals surface area contributed by atoms with Gasteiger partial charge in [0.25, 0.3) is 0 Å². The summed E-state index contributed by atoms with van der Waals surface area (Å²) >= 11 is -1.18. The van der Waals surface area contributed by atoms with Gasteiger partial charge in [0.1, 0.15) is 16.1 Å². The third-order valence-corrected chi connectivity index (χ3v) is 4.99. The van der Waals surface area contributed by atoms with E-state index < -0.39 is 17.3 Å². The zero-order valence-electron chi connectivity index (χ0n) is 13.5. The molecule has 0 aromatic heterocycles. The first-order chi connectivity index (χ1) is 10.3. The Morgan fingerprint density at radius 1 is 1.50 bits per heavy atom. The third-order valence-electron chi connectivity index (χ3n) is 3.37. The molecule has 1 N–H and O–H groups in total. The predicted molar refractivity (Wildman–Crippen MR) is 86.3 cm³/mol. The molecule has 1 aromatic rings. The Kier molecular flexibility index (Phi) is 5.36. The number of para-hydroxylation sites is 1. The van der Waals surface area contributed by atoms with Crippen LogP contribution in [0.25, 0.3) is 0 Å². The summed E-state index contributed by atoms with van der Waals surface area (Å²) in [6.45, 7) is 8.33. The maximum atomic E-state index is 12.3. The van der Waals surface area contributed by atoms with Crippen LogP contribution in [0, 0.1) is 0 Å². The second-order valence-electron chi connectivity index (χ2n) is 6.13. The molecule has 22 heavy (non-hydrogen) atoms. The maximum Gasteiger partial charge on any atom is 0.341 e. The first-order valence-electron chi connectivity index (χ1n) is 7.45. The molecule has 122 valence electrons. The van der Waals surface area contributed by atoms with Crippen molar-refractivity contribution in [1.82, 2.24) is 4.72 Å². The second-order valence-corrected chi connectivity index (χ2v) is 8.13. The van der Waals surface area contributed by atoms with Crippen molar-refractivity contribution in [2.45, 2.75) is 44.9 Å². The van der Waals surface area contributed by atoms with Gasteiger partial charge in [-0.1, -0.05) is 12.1 Å². The summed E-state index contributed by atoms with van der Waals surface area (Å²) in [5, 5.41) is 0. The Labute approximate surface area is 134 Å². The zero-order chi connectivity index (χ0) is 16.3. The van der Waals surface area contributed by atoms with Gasteiger partial charge in [-0.2, -0.15) is 0 Å². The molecule has 2 rings (SSSR count). The highest BCUT2D eigenvalue weighted by atomic mass is 32.2. The molecule has 0 amide bonds. The van der Waals surface area contributed by atoms with Crippen LogP contribution < -0.4 is 9.46 Å². The van der Waals surface area contributed by atoms with Gasteiger partial charge in [-0.25, -0.2) is 4.79 Å². The fourth-order valence-corrected chi connectivity index (χ4v) is 3.08. The number of hydrogen-bond acceptors (Lipinski definition) is 5. The van der Waals surface area contributed by atoms with Crippen molar-refractivity contribution in [3.05, 3.63) is 29.3 Å². The van der Waals surface area contributed by atoms with Gasteiger partial charge in [0.15, 0.2) is 0 Å². The summed E-state index contributed by atoms with van der Waals surface area (Å²) in [5.41, 5.74) is 1.28. The van der Waals surface area contributed by atoms with E-state index in [-0.39, 0.29) is 10.8 Å². The lowest BCUT2D eigenvalue weighted by Gasteiger charge is -2.31. The monoisotopic (exact) mass is 325 g/mol. The van der Waals surface area contributed by atoms with E-state index in [0.717, 1.165) is 5.56 Å². The first kappa shape index (κ1) is 17.1. The lowest BCUT2D eigenvalue weighted by molar-refractivity contribution is 0.0520. The van der Waals surface area contributed by atoms with Gasteiger partial charge in [0, 0.05) is 23.3 Å². The summed E-state index contributed by atoms with van der Waals surface area (Å²) in [6, 6.07) is 5.29. The average Bonchev–Trinajstić information content (AvgIpc) is 2.46. The molecule has 0 aliphatic carbocycles. The average molecular weight is 325 g/mol. The fourth-order valence-electron chi connectivity index (χ4n) is 2.22. The number of ether oxygens (including phenoxy) is 2. The van der Waals surface area contributed by atoms with E-state index in [0.29, 0.717) is 30.9 Å². The lowest BCUT2D eigenvalue weighted by atomic mass is 9.98. The Morgan fingerprint density at radius 2 is 2.23 bits per heavy atom. The van der Waals surface area contributed by atoms with E-state index in [1.807, 2.05) is 26.8 Å². The van der Waals surface area contributed by atoms with Crippen molar-refractivity contribution in [1.29, 1.82) is 0 Å². The Bertz CT molecular complexity index is 541. The minimum Gasteiger partial charge on any atom is -0.598 e. The van der Waals surface area contributed by atoms with E-state index in [9.17, 15) is 9.35 Å². The molecule has 1 aliphatic rings. The third kappa shape index (κ3) is 3.74. The van der Waals surface area contributed by atoms with Crippen LogP contribution in [0.15, 0.2) is 18.2 Å². The van der Waals surface area contributed by atoms with Crippen LogP contribution in [0.2, 0.25) is 0 Å². The van der Waals surface area contributed by atoms with Crippen molar-refractivity contribution < 1.29 is 18.8 Å². The SMILES string of the molecule is CCOC(=O)c1cccc2c1OCC[C@@H]2N[S@@+]([O-])C(C)(C)C. The van der Waals surface area contributed by atoms with Crippen molar-refractivity contribution in [2.75, 3.05) is 13.2 Å². The molecule has 0 saturated heterocycles. The highest BCUT2D eigenvalue weighted by molar-refractivity contribution is 7.90. The fraction of sp³-hybridized carbons (Fsp3) is 0.562. The van der Waals surface area contributed by atoms with E-state index in [4.69, 9.17) is 9.47 Å². The molecule has 0 radical (unpaired) electrons. The highest BCUT2D eigenvalue weighted by Gasteiger charge is 2.33. The number of carbonyl (C=O) groups excluding carboxylic acids is 1. The maximum absolute atomic E-state index is 12.3. The Morgan fingerprint density at radius 3 is 2.86 bits per heavy atom. The molecule has 0 spiro atoms. The largest absolute Gasteiger partial charge is 0.598 e. The number of rotatable bonds is 4. The van der Waals surface area contributed by atoms with Gasteiger partial charge in [-0.05, 0) is 33.8 Å². The summed E-state index contributed by atoms with van der Waals surface area (Å²) in [7, 11) is 0. The number of benzene rings is 1. The Hall–Kier alpha value is -1.24. The standard InChI is InChI=1S/C16H23NO4S/c1-5-20-15(18)12-8-6-7-11-13(9-10-21-14(11)12)17-22(19)16(2,3)4/h6-8,13,17H,5,9-10H2,1-4H3/t13-,22-/m0/s1. The van der Waals surface area contributed by atoms with Gasteiger partial charge in [0.05, 0.1) is 19.3 Å². The van der Waals surface area contributed by atoms with Gasteiger partial charge >= 0.3 is 5.97 Å². The van der Waals surface area contributed by atoms with E-state index >= 15 is 0 Å². The smallest absolute Gasteiger partial charge is 0.341 e. The predicted octanol–water partition coefficient (Wildman–Crippen LogP) is 2.74. The van der Waals surface area contributed by atoms with Crippen molar-refractivity contribution in [2.24, 2.45) is 0 Å². The van der Waals surface area contributed by atoms with Crippen LogP contribution in [-0.2, 0) is 16.1 Å². The summed E-state index contributed by atoms with van der Waals surface area (Å²) in [5.74, 6) is 0.146. The minimum absolute atomic E-state index is 0.0989. The molecule has 0 bridgehead atoms. The van der Waals surface area contributed by atoms with Crippen molar-refractivity contribution in [3.8, 4) is 5.75 Å². The molecule has 1 aliphatic heterocycles. The van der Waals surface area contributed by atoms with Gasteiger partial charge in [0.2, 0.25) is 0 Å². The van der Waals surface area contributed by atoms with Gasteiger partial charge in [-0.15, -0.1) is 4.72 Å². The summed E-state index contributed by atoms with van der Waals surface area (Å²) < 4.78 is 25.9. The topological polar surface area (TPSA) is 70.6 Å². The molecular formula is C16H23NO4S. The number of fused-ring (bicyclic) bond motifs is 1. The van der Waals surface area contributed by atoms with Gasteiger partial charge in [-0.3, -0.25) is 0 Å². The molecule has 0 fully saturated rings. The lowest BCUT2D eigenvalue weighted by Crippen LogP contribution is -2.42. The molecule has 0 unspecified atom stereocenters. The van der Waals surface area contributed by atoms with Crippen LogP contribution in [0.4, 0.5) is 0 Å². The number of hydrogen-bond donors (Lipinski definition) is 1. The van der Waals surface area contributed by atoms with Gasteiger partial charge < -0.3 is 14.0 Å². The molecule has 1 aromatic carbocycles. The van der Waals surface area contributed by atoms with E-state index in [1.54, 1.807) is 19.1 Å². The quantitative estimate of drug-likeness (QED) is 0.681. The van der Waals surface area contributed by atoms with Crippen LogP contribution in [0.3, 0.4) is 0 Å². The van der Waals surface area contributed by atoms with E-state index in [1.165, 1.54) is 0 Å². The Balaban J connectivity index is 2.28.